The average Bonchev–Trinajstić information content (AvgIpc) is 3.23. The minimum atomic E-state index is -0.125. The van der Waals surface area contributed by atoms with Gasteiger partial charge in [-0.1, -0.05) is 46.8 Å². The maximum Gasteiger partial charge on any atom is 0.155 e. The third kappa shape index (κ3) is 4.80. The molecule has 1 N–H and O–H groups in total. The number of carbonyl (C=O) groups is 1. The van der Waals surface area contributed by atoms with Crippen molar-refractivity contribution in [1.29, 1.82) is 0 Å². The second kappa shape index (κ2) is 9.90. The molecule has 0 atom stereocenters. The summed E-state index contributed by atoms with van der Waals surface area (Å²) in [6.45, 7) is 4.97. The number of hydrogen-bond donors (Lipinski definition) is 1. The predicted octanol–water partition coefficient (Wildman–Crippen LogP) is 6.94. The molecule has 3 aromatic carbocycles. The summed E-state index contributed by atoms with van der Waals surface area (Å²) in [5.41, 5.74) is 4.84. The van der Waals surface area contributed by atoms with E-state index < -0.39 is 0 Å². The summed E-state index contributed by atoms with van der Waals surface area (Å²) in [6.07, 6.45) is 2.90. The molecule has 163 valence electrons. The number of aryl methyl sites for hydroxylation is 1. The van der Waals surface area contributed by atoms with Crippen LogP contribution in [0.4, 0.5) is 0 Å². The Bertz CT molecular complexity index is 1450. The zero-order valence-electron chi connectivity index (χ0n) is 18.0. The van der Waals surface area contributed by atoms with Crippen molar-refractivity contribution in [1.82, 2.24) is 4.98 Å². The Hall–Kier alpha value is -3.27. The van der Waals surface area contributed by atoms with Crippen LogP contribution in [0.25, 0.3) is 43.9 Å². The Balaban J connectivity index is 0.000000318. The fourth-order valence-electron chi connectivity index (χ4n) is 3.65. The molecule has 0 spiro atoms. The van der Waals surface area contributed by atoms with Crippen molar-refractivity contribution in [2.45, 2.75) is 20.8 Å². The maximum atomic E-state index is 10.0. The van der Waals surface area contributed by atoms with Crippen LogP contribution in [0, 0.1) is 13.0 Å². The Morgan fingerprint density at radius 3 is 2.47 bits per heavy atom. The van der Waals surface area contributed by atoms with E-state index in [1.165, 1.54) is 30.9 Å². The van der Waals surface area contributed by atoms with Crippen molar-refractivity contribution in [3.05, 3.63) is 90.4 Å². The molecule has 2 heterocycles. The summed E-state index contributed by atoms with van der Waals surface area (Å²) < 4.78 is 5.76. The number of allylic oxidation sites excluding steroid dienone is 2. The van der Waals surface area contributed by atoms with Crippen molar-refractivity contribution >= 4 is 38.4 Å². The van der Waals surface area contributed by atoms with Gasteiger partial charge in [-0.15, -0.1) is 29.7 Å². The number of pyridine rings is 1. The number of aliphatic hydroxyl groups excluding tert-OH is 1. The van der Waals surface area contributed by atoms with Gasteiger partial charge in [0.1, 0.15) is 5.58 Å². The predicted molar refractivity (Wildman–Crippen MR) is 125 cm³/mol. The van der Waals surface area contributed by atoms with Gasteiger partial charge in [0.25, 0.3) is 0 Å². The van der Waals surface area contributed by atoms with Gasteiger partial charge >= 0.3 is 0 Å². The SMILES string of the molecule is CC(=O)/C=C(/C)O.Cc1cccc2[c-]c(-c3nc4ccccc4c4ccoc34)ccc12.[Ir]. The van der Waals surface area contributed by atoms with Gasteiger partial charge in [0.05, 0.1) is 17.5 Å². The van der Waals surface area contributed by atoms with Crippen LogP contribution in [-0.2, 0) is 24.9 Å². The number of fused-ring (bicyclic) bond motifs is 4. The quantitative estimate of drug-likeness (QED) is 0.135. The number of carbonyl (C=O) groups excluding carboxylic acids is 1. The average molecular weight is 601 g/mol. The molecular weight excluding hydrogens is 579 g/mol. The first-order chi connectivity index (χ1) is 14.9. The summed E-state index contributed by atoms with van der Waals surface area (Å²) >= 11 is 0. The number of nitrogens with zero attached hydrogens (tertiary/aromatic N) is 1. The summed E-state index contributed by atoms with van der Waals surface area (Å²) in [7, 11) is 0. The van der Waals surface area contributed by atoms with Gasteiger partial charge in [0, 0.05) is 42.6 Å². The smallest absolute Gasteiger partial charge is 0.155 e. The summed E-state index contributed by atoms with van der Waals surface area (Å²) in [5, 5.41) is 12.9. The third-order valence-corrected chi connectivity index (χ3v) is 4.98. The van der Waals surface area contributed by atoms with Crippen LogP contribution >= 0.6 is 0 Å². The first-order valence-corrected chi connectivity index (χ1v) is 10.00. The van der Waals surface area contributed by atoms with Gasteiger partial charge in [0.2, 0.25) is 0 Å². The Morgan fingerprint density at radius 2 is 1.75 bits per heavy atom. The molecule has 5 rings (SSSR count). The van der Waals surface area contributed by atoms with Gasteiger partial charge in [0.15, 0.2) is 5.78 Å². The molecule has 0 unspecified atom stereocenters. The monoisotopic (exact) mass is 601 g/mol. The molecule has 2 aromatic heterocycles. The number of aromatic nitrogens is 1. The summed E-state index contributed by atoms with van der Waals surface area (Å²) in [6, 6.07) is 24.2. The molecule has 1 radical (unpaired) electrons. The first kappa shape index (κ1) is 23.4. The topological polar surface area (TPSA) is 63.3 Å². The number of benzene rings is 3. The molecule has 32 heavy (non-hydrogen) atoms. The van der Waals surface area contributed by atoms with Crippen LogP contribution < -0.4 is 0 Å². The first-order valence-electron chi connectivity index (χ1n) is 10.00. The van der Waals surface area contributed by atoms with Crippen molar-refractivity contribution < 1.29 is 34.4 Å². The fourth-order valence-corrected chi connectivity index (χ4v) is 3.65. The van der Waals surface area contributed by atoms with Crippen LogP contribution in [0.3, 0.4) is 0 Å². The van der Waals surface area contributed by atoms with Crippen LogP contribution in [-0.4, -0.2) is 15.9 Å². The van der Waals surface area contributed by atoms with E-state index in [0.29, 0.717) is 0 Å². The van der Waals surface area contributed by atoms with Crippen molar-refractivity contribution in [3.63, 3.8) is 0 Å². The Kier molecular flexibility index (Phi) is 7.24. The molecule has 0 fully saturated rings. The van der Waals surface area contributed by atoms with Gasteiger partial charge in [-0.25, -0.2) is 0 Å². The van der Waals surface area contributed by atoms with Crippen LogP contribution in [0.5, 0.6) is 0 Å². The van der Waals surface area contributed by atoms with Gasteiger partial charge < -0.3 is 9.52 Å². The van der Waals surface area contributed by atoms with E-state index >= 15 is 0 Å². The third-order valence-electron chi connectivity index (χ3n) is 4.98. The largest absolute Gasteiger partial charge is 0.512 e. The van der Waals surface area contributed by atoms with Crippen molar-refractivity contribution in [2.75, 3.05) is 0 Å². The zero-order chi connectivity index (χ0) is 22.0. The minimum absolute atomic E-state index is 0. The number of ketones is 1. The van der Waals surface area contributed by atoms with Crippen LogP contribution in [0.15, 0.2) is 83.2 Å². The van der Waals surface area contributed by atoms with E-state index in [2.05, 4.69) is 49.4 Å². The molecule has 0 bridgehead atoms. The second-order valence-corrected chi connectivity index (χ2v) is 7.45. The van der Waals surface area contributed by atoms with Crippen LogP contribution in [0.2, 0.25) is 0 Å². The molecule has 4 nitrogen and oxygen atoms in total. The minimum Gasteiger partial charge on any atom is -0.512 e. The second-order valence-electron chi connectivity index (χ2n) is 7.45. The standard InChI is InChI=1S/C22H14NO.C5H8O2.Ir/c1-14-5-4-6-15-13-16(9-10-17(14)15)21-22-19(11-12-24-22)18-7-2-3-8-20(18)23-21;1-4(6)3-5(2)7;/h2-12H,1H3;3,6H,1-2H3;/q-1;;/b;4-3-;. The van der Waals surface area contributed by atoms with Gasteiger partial charge in [-0.3, -0.25) is 9.78 Å². The Morgan fingerprint density at radius 1 is 0.969 bits per heavy atom. The van der Waals surface area contributed by atoms with Gasteiger partial charge in [-0.2, -0.15) is 0 Å². The molecule has 0 aliphatic heterocycles. The normalized spacial score (nSPS) is 11.2. The van der Waals surface area contributed by atoms with E-state index in [0.717, 1.165) is 38.5 Å². The number of furan rings is 1. The van der Waals surface area contributed by atoms with Crippen LogP contribution in [0.1, 0.15) is 19.4 Å². The summed E-state index contributed by atoms with van der Waals surface area (Å²) in [5.74, 6) is -0.0625. The molecule has 0 amide bonds. The molecule has 0 saturated carbocycles. The number of aliphatic hydroxyl groups is 1. The number of rotatable bonds is 2. The molecule has 5 aromatic rings. The maximum absolute atomic E-state index is 10.0. The van der Waals surface area contributed by atoms with E-state index in [1.54, 1.807) is 6.26 Å². The molecule has 0 aliphatic rings. The van der Waals surface area contributed by atoms with E-state index in [9.17, 15) is 4.79 Å². The molecule has 5 heteroatoms. The van der Waals surface area contributed by atoms with E-state index in [1.807, 2.05) is 24.3 Å². The fraction of sp³-hybridized carbons (Fsp3) is 0.111. The number of hydrogen-bond acceptors (Lipinski definition) is 4. The van der Waals surface area contributed by atoms with Crippen molar-refractivity contribution in [3.8, 4) is 11.3 Å². The zero-order valence-corrected chi connectivity index (χ0v) is 20.4. The van der Waals surface area contributed by atoms with E-state index in [-0.39, 0.29) is 31.6 Å². The molecule has 0 saturated heterocycles. The van der Waals surface area contributed by atoms with Gasteiger partial charge in [-0.05, 0) is 32.9 Å². The molecular formula is C27H22IrNO3-. The number of para-hydroxylation sites is 1. The van der Waals surface area contributed by atoms with Crippen molar-refractivity contribution in [2.24, 2.45) is 0 Å². The molecule has 0 aliphatic carbocycles. The van der Waals surface area contributed by atoms with E-state index in [4.69, 9.17) is 14.5 Å². The Labute approximate surface area is 199 Å². The summed E-state index contributed by atoms with van der Waals surface area (Å²) in [4.78, 5) is 14.9.